The van der Waals surface area contributed by atoms with Crippen LogP contribution in [0, 0.1) is 6.92 Å². The van der Waals surface area contributed by atoms with Crippen LogP contribution in [0.4, 0.5) is 5.69 Å². The number of benzene rings is 1. The van der Waals surface area contributed by atoms with Crippen LogP contribution in [0.15, 0.2) is 17.1 Å². The second-order valence-electron chi connectivity index (χ2n) is 4.10. The maximum absolute atomic E-state index is 6.24. The van der Waals surface area contributed by atoms with Crippen LogP contribution < -0.4 is 5.32 Å². The second-order valence-corrected chi connectivity index (χ2v) is 5.97. The van der Waals surface area contributed by atoms with Gasteiger partial charge in [-0.25, -0.2) is 0 Å². The standard InChI is InChI=1S/C12H14Cl2N2S/c1-7-3-4-9(13)11(10(7)14)16-12-15-8(2)5-6-17-12/h3-4,8H,5-6H2,1-2H3,(H,15,16). The Bertz CT molecular complexity index is 460. The van der Waals surface area contributed by atoms with Crippen molar-refractivity contribution < 1.29 is 0 Å². The molecule has 0 amide bonds. The maximum Gasteiger partial charge on any atom is 0.161 e. The number of halogens is 2. The first kappa shape index (κ1) is 13.1. The Kier molecular flexibility index (Phi) is 4.23. The molecule has 2 rings (SSSR count). The van der Waals surface area contributed by atoms with Crippen molar-refractivity contribution >= 4 is 45.8 Å². The molecule has 17 heavy (non-hydrogen) atoms. The summed E-state index contributed by atoms with van der Waals surface area (Å²) in [6, 6.07) is 4.12. The molecule has 0 fully saturated rings. The van der Waals surface area contributed by atoms with Crippen LogP contribution in [0.5, 0.6) is 0 Å². The van der Waals surface area contributed by atoms with Crippen molar-refractivity contribution in [1.82, 2.24) is 0 Å². The topological polar surface area (TPSA) is 24.4 Å². The number of nitrogens with zero attached hydrogens (tertiary/aromatic N) is 1. The highest BCUT2D eigenvalue weighted by atomic mass is 35.5. The van der Waals surface area contributed by atoms with Gasteiger partial charge >= 0.3 is 0 Å². The predicted molar refractivity (Wildman–Crippen MR) is 78.8 cm³/mol. The molecule has 92 valence electrons. The van der Waals surface area contributed by atoms with Crippen LogP contribution in [0.1, 0.15) is 18.9 Å². The van der Waals surface area contributed by atoms with Crippen molar-refractivity contribution in [3.63, 3.8) is 0 Å². The molecule has 1 aliphatic rings. The minimum absolute atomic E-state index is 0.362. The largest absolute Gasteiger partial charge is 0.333 e. The lowest BCUT2D eigenvalue weighted by atomic mass is 10.2. The van der Waals surface area contributed by atoms with E-state index in [0.717, 1.165) is 28.6 Å². The predicted octanol–water partition coefficient (Wildman–Crippen LogP) is 4.60. The van der Waals surface area contributed by atoms with Crippen molar-refractivity contribution in [1.29, 1.82) is 0 Å². The molecule has 1 aromatic carbocycles. The minimum atomic E-state index is 0.362. The molecule has 0 aliphatic carbocycles. The molecule has 2 nitrogen and oxygen atoms in total. The fraction of sp³-hybridized carbons (Fsp3) is 0.417. The zero-order chi connectivity index (χ0) is 12.4. The molecule has 1 unspecified atom stereocenters. The summed E-state index contributed by atoms with van der Waals surface area (Å²) in [5, 5.41) is 5.43. The van der Waals surface area contributed by atoms with Crippen LogP contribution >= 0.6 is 35.0 Å². The summed E-state index contributed by atoms with van der Waals surface area (Å²) in [7, 11) is 0. The molecule has 0 aromatic heterocycles. The smallest absolute Gasteiger partial charge is 0.161 e. The highest BCUT2D eigenvalue weighted by Crippen LogP contribution is 2.34. The van der Waals surface area contributed by atoms with Crippen molar-refractivity contribution in [2.45, 2.75) is 26.3 Å². The summed E-state index contributed by atoms with van der Waals surface area (Å²) in [5.41, 5.74) is 1.77. The lowest BCUT2D eigenvalue weighted by Gasteiger charge is -2.19. The average Bonchev–Trinajstić information content (AvgIpc) is 2.30. The molecule has 0 bridgehead atoms. The first-order valence-corrected chi connectivity index (χ1v) is 7.24. The number of amidine groups is 1. The van der Waals surface area contributed by atoms with Crippen LogP contribution in [-0.4, -0.2) is 17.0 Å². The van der Waals surface area contributed by atoms with Crippen molar-refractivity contribution in [2.24, 2.45) is 4.99 Å². The number of hydrogen-bond donors (Lipinski definition) is 1. The first-order chi connectivity index (χ1) is 8.08. The average molecular weight is 289 g/mol. The lowest BCUT2D eigenvalue weighted by molar-refractivity contribution is 0.720. The van der Waals surface area contributed by atoms with Gasteiger partial charge in [-0.15, -0.1) is 0 Å². The van der Waals surface area contributed by atoms with Gasteiger partial charge in [0.15, 0.2) is 5.17 Å². The molecule has 1 N–H and O–H groups in total. The third-order valence-electron chi connectivity index (χ3n) is 2.63. The van der Waals surface area contributed by atoms with Crippen LogP contribution in [0.25, 0.3) is 0 Å². The van der Waals surface area contributed by atoms with Gasteiger partial charge in [0.05, 0.1) is 21.8 Å². The minimum Gasteiger partial charge on any atom is -0.333 e. The summed E-state index contributed by atoms with van der Waals surface area (Å²) in [5.74, 6) is 1.08. The third kappa shape index (κ3) is 3.09. The number of nitrogens with one attached hydrogen (secondary N) is 1. The number of rotatable bonds is 1. The molecular weight excluding hydrogens is 275 g/mol. The number of thioether (sulfide) groups is 1. The molecule has 0 spiro atoms. The van der Waals surface area contributed by atoms with Crippen LogP contribution in [0.3, 0.4) is 0 Å². The monoisotopic (exact) mass is 288 g/mol. The Hall–Kier alpha value is -0.380. The van der Waals surface area contributed by atoms with Crippen molar-refractivity contribution in [2.75, 3.05) is 11.1 Å². The highest BCUT2D eigenvalue weighted by Gasteiger charge is 2.15. The van der Waals surface area contributed by atoms with Gasteiger partial charge < -0.3 is 5.32 Å². The highest BCUT2D eigenvalue weighted by molar-refractivity contribution is 8.14. The lowest BCUT2D eigenvalue weighted by Crippen LogP contribution is -2.18. The fourth-order valence-electron chi connectivity index (χ4n) is 1.57. The van der Waals surface area contributed by atoms with Gasteiger partial charge in [-0.2, -0.15) is 0 Å². The molecule has 1 aliphatic heterocycles. The summed E-state index contributed by atoms with van der Waals surface area (Å²) >= 11 is 14.1. The van der Waals surface area contributed by atoms with E-state index in [-0.39, 0.29) is 0 Å². The zero-order valence-electron chi connectivity index (χ0n) is 9.76. The van der Waals surface area contributed by atoms with Gasteiger partial charge in [0.2, 0.25) is 0 Å². The quantitative estimate of drug-likeness (QED) is 0.817. The molecule has 0 saturated heterocycles. The van der Waals surface area contributed by atoms with E-state index in [1.165, 1.54) is 0 Å². The molecule has 1 aromatic rings. The zero-order valence-corrected chi connectivity index (χ0v) is 12.1. The Morgan fingerprint density at radius 2 is 2.18 bits per heavy atom. The number of aryl methyl sites for hydroxylation is 1. The van der Waals surface area contributed by atoms with E-state index in [1.54, 1.807) is 11.8 Å². The van der Waals surface area contributed by atoms with Crippen molar-refractivity contribution in [3.8, 4) is 0 Å². The summed E-state index contributed by atoms with van der Waals surface area (Å²) in [6.45, 7) is 4.07. The Morgan fingerprint density at radius 1 is 1.41 bits per heavy atom. The van der Waals surface area contributed by atoms with Gasteiger partial charge in [-0.3, -0.25) is 4.99 Å². The molecule has 1 atom stereocenters. The third-order valence-corrected chi connectivity index (χ3v) is 4.35. The Labute approximate surface area is 116 Å². The normalized spacial score (nSPS) is 20.0. The van der Waals surface area contributed by atoms with Gasteiger partial charge in [0.25, 0.3) is 0 Å². The van der Waals surface area contributed by atoms with E-state index in [1.807, 2.05) is 19.1 Å². The SMILES string of the molecule is Cc1ccc(Cl)c(NC2=NC(C)CCS2)c1Cl. The van der Waals surface area contributed by atoms with Gasteiger partial charge in [0.1, 0.15) is 0 Å². The molecule has 0 saturated carbocycles. The van der Waals surface area contributed by atoms with E-state index >= 15 is 0 Å². The summed E-state index contributed by atoms with van der Waals surface area (Å²) in [4.78, 5) is 4.54. The Balaban J connectivity index is 2.27. The molecule has 1 heterocycles. The maximum atomic E-state index is 6.24. The first-order valence-electron chi connectivity index (χ1n) is 5.50. The fourth-order valence-corrected chi connectivity index (χ4v) is 3.12. The van der Waals surface area contributed by atoms with Gasteiger partial charge in [0, 0.05) is 5.75 Å². The second kappa shape index (κ2) is 5.51. The number of hydrogen-bond acceptors (Lipinski definition) is 3. The number of anilines is 1. The molecular formula is C12H14Cl2N2S. The molecule has 5 heteroatoms. The van der Waals surface area contributed by atoms with Gasteiger partial charge in [-0.1, -0.05) is 41.0 Å². The summed E-state index contributed by atoms with van der Waals surface area (Å²) in [6.07, 6.45) is 1.12. The molecule has 0 radical (unpaired) electrons. The van der Waals surface area contributed by atoms with Crippen LogP contribution in [0.2, 0.25) is 10.0 Å². The van der Waals surface area contributed by atoms with E-state index in [9.17, 15) is 0 Å². The van der Waals surface area contributed by atoms with E-state index in [0.29, 0.717) is 16.1 Å². The Morgan fingerprint density at radius 3 is 2.88 bits per heavy atom. The van der Waals surface area contributed by atoms with Crippen molar-refractivity contribution in [3.05, 3.63) is 27.7 Å². The van der Waals surface area contributed by atoms with Gasteiger partial charge in [-0.05, 0) is 31.9 Å². The number of aliphatic imine (C=N–C) groups is 1. The van der Waals surface area contributed by atoms with E-state index in [2.05, 4.69) is 17.2 Å². The van der Waals surface area contributed by atoms with Crippen LogP contribution in [-0.2, 0) is 0 Å². The van der Waals surface area contributed by atoms with E-state index in [4.69, 9.17) is 23.2 Å². The van der Waals surface area contributed by atoms with E-state index < -0.39 is 0 Å². The summed E-state index contributed by atoms with van der Waals surface area (Å²) < 4.78 is 0.